The Morgan fingerprint density at radius 3 is 2.93 bits per heavy atom. The Kier molecular flexibility index (Phi) is 2.02. The second-order valence-corrected chi connectivity index (χ2v) is 2.72. The van der Waals surface area contributed by atoms with Gasteiger partial charge in [-0.25, -0.2) is 4.79 Å². The highest BCUT2D eigenvalue weighted by Crippen LogP contribution is 1.97. The first-order valence-electron chi connectivity index (χ1n) is 3.95. The molecule has 2 rings (SSSR count). The molecule has 0 aliphatic carbocycles. The van der Waals surface area contributed by atoms with Crippen LogP contribution in [0.25, 0.3) is 0 Å². The van der Waals surface area contributed by atoms with Gasteiger partial charge in [0.05, 0.1) is 12.7 Å². The van der Waals surface area contributed by atoms with Crippen molar-refractivity contribution in [2.45, 2.75) is 6.54 Å². The molecule has 0 saturated carbocycles. The Bertz CT molecular complexity index is 523. The van der Waals surface area contributed by atoms with E-state index in [0.29, 0.717) is 5.76 Å². The first-order chi connectivity index (χ1) is 6.75. The molecule has 6 nitrogen and oxygen atoms in total. The number of rotatable bonds is 2. The number of nitrogens with zero attached hydrogens (tertiary/aromatic N) is 2. The van der Waals surface area contributed by atoms with Crippen LogP contribution in [0.2, 0.25) is 0 Å². The van der Waals surface area contributed by atoms with Crippen molar-refractivity contribution in [2.24, 2.45) is 0 Å². The lowest BCUT2D eigenvalue weighted by Crippen LogP contribution is -2.28. The maximum Gasteiger partial charge on any atom is 0.328 e. The molecule has 2 aromatic heterocycles. The van der Waals surface area contributed by atoms with Gasteiger partial charge >= 0.3 is 5.69 Å². The van der Waals surface area contributed by atoms with Crippen LogP contribution in [0.4, 0.5) is 0 Å². The van der Waals surface area contributed by atoms with Gasteiger partial charge in [-0.2, -0.15) is 0 Å². The fourth-order valence-corrected chi connectivity index (χ4v) is 1.06. The molecule has 2 heterocycles. The fourth-order valence-electron chi connectivity index (χ4n) is 1.06. The lowest BCUT2D eigenvalue weighted by atomic mass is 10.4. The molecule has 14 heavy (non-hydrogen) atoms. The molecule has 0 unspecified atom stereocenters. The Hall–Kier alpha value is -2.11. The van der Waals surface area contributed by atoms with Gasteiger partial charge < -0.3 is 4.52 Å². The van der Waals surface area contributed by atoms with E-state index in [1.807, 2.05) is 0 Å². The molecule has 0 spiro atoms. The minimum Gasteiger partial charge on any atom is -0.359 e. The molecule has 0 aliphatic rings. The van der Waals surface area contributed by atoms with Gasteiger partial charge in [-0.3, -0.25) is 14.3 Å². The highest BCUT2D eigenvalue weighted by Gasteiger charge is 2.00. The number of hydrogen-bond donors (Lipinski definition) is 1. The van der Waals surface area contributed by atoms with Gasteiger partial charge in [0.25, 0.3) is 5.56 Å². The summed E-state index contributed by atoms with van der Waals surface area (Å²) in [4.78, 5) is 24.1. The second-order valence-electron chi connectivity index (χ2n) is 2.72. The van der Waals surface area contributed by atoms with Crippen molar-refractivity contribution in [1.29, 1.82) is 0 Å². The van der Waals surface area contributed by atoms with Crippen LogP contribution in [0.15, 0.2) is 38.6 Å². The minimum atomic E-state index is -0.464. The van der Waals surface area contributed by atoms with Gasteiger partial charge in [0.2, 0.25) is 0 Å². The Morgan fingerprint density at radius 2 is 2.29 bits per heavy atom. The van der Waals surface area contributed by atoms with E-state index in [9.17, 15) is 9.59 Å². The molecule has 0 aliphatic heterocycles. The van der Waals surface area contributed by atoms with Gasteiger partial charge in [-0.05, 0) is 0 Å². The number of aromatic amines is 1. The third kappa shape index (κ3) is 1.63. The van der Waals surface area contributed by atoms with Gasteiger partial charge in [0.1, 0.15) is 0 Å². The summed E-state index contributed by atoms with van der Waals surface area (Å²) in [5.41, 5.74) is -0.877. The zero-order valence-electron chi connectivity index (χ0n) is 7.14. The highest BCUT2D eigenvalue weighted by molar-refractivity contribution is 4.95. The number of H-pyrrole nitrogens is 1. The molecule has 0 bridgehead atoms. The maximum absolute atomic E-state index is 11.2. The van der Waals surface area contributed by atoms with E-state index >= 15 is 0 Å². The molecule has 2 aromatic rings. The van der Waals surface area contributed by atoms with E-state index in [2.05, 4.69) is 10.1 Å². The molecular formula is C8H7N3O3. The Balaban J connectivity index is 2.35. The van der Waals surface area contributed by atoms with Crippen LogP contribution in [0.3, 0.4) is 0 Å². The summed E-state index contributed by atoms with van der Waals surface area (Å²) in [6, 6.07) is 2.93. The first kappa shape index (κ1) is 8.49. The average Bonchev–Trinajstić information content (AvgIpc) is 2.62. The molecule has 1 N–H and O–H groups in total. The lowest BCUT2D eigenvalue weighted by molar-refractivity contribution is 0.374. The summed E-state index contributed by atoms with van der Waals surface area (Å²) in [6.45, 7) is 0.260. The average molecular weight is 193 g/mol. The van der Waals surface area contributed by atoms with E-state index in [4.69, 9.17) is 4.52 Å². The van der Waals surface area contributed by atoms with E-state index in [1.54, 1.807) is 6.07 Å². The van der Waals surface area contributed by atoms with Crippen LogP contribution in [0.5, 0.6) is 0 Å². The smallest absolute Gasteiger partial charge is 0.328 e. The summed E-state index contributed by atoms with van der Waals surface area (Å²) in [5, 5.41) is 3.50. The van der Waals surface area contributed by atoms with E-state index in [-0.39, 0.29) is 6.54 Å². The summed E-state index contributed by atoms with van der Waals surface area (Å²) in [6.07, 6.45) is 2.90. The Morgan fingerprint density at radius 1 is 1.43 bits per heavy atom. The summed E-state index contributed by atoms with van der Waals surface area (Å²) in [7, 11) is 0. The third-order valence-corrected chi connectivity index (χ3v) is 1.71. The van der Waals surface area contributed by atoms with Gasteiger partial charge in [-0.15, -0.1) is 0 Å². The van der Waals surface area contributed by atoms with E-state index in [0.717, 1.165) is 0 Å². The maximum atomic E-state index is 11.2. The summed E-state index contributed by atoms with van der Waals surface area (Å²) >= 11 is 0. The molecule has 0 aromatic carbocycles. The normalized spacial score (nSPS) is 10.3. The zero-order valence-corrected chi connectivity index (χ0v) is 7.14. The minimum absolute atomic E-state index is 0.260. The quantitative estimate of drug-likeness (QED) is 0.701. The summed E-state index contributed by atoms with van der Waals surface area (Å²) < 4.78 is 6.14. The molecule has 0 fully saturated rings. The molecule has 0 amide bonds. The van der Waals surface area contributed by atoms with Gasteiger partial charge in [-0.1, -0.05) is 5.16 Å². The predicted octanol–water partition coefficient (Wildman–Crippen LogP) is -0.427. The van der Waals surface area contributed by atoms with Crippen molar-refractivity contribution in [3.05, 3.63) is 51.1 Å². The van der Waals surface area contributed by atoms with Crippen molar-refractivity contribution in [3.63, 3.8) is 0 Å². The van der Waals surface area contributed by atoms with Crippen LogP contribution in [0, 0.1) is 0 Å². The lowest BCUT2D eigenvalue weighted by Gasteiger charge is -1.99. The number of aromatic nitrogens is 3. The molecule has 6 heteroatoms. The van der Waals surface area contributed by atoms with Crippen molar-refractivity contribution < 1.29 is 4.52 Å². The second kappa shape index (κ2) is 3.33. The van der Waals surface area contributed by atoms with Crippen LogP contribution < -0.4 is 11.2 Å². The van der Waals surface area contributed by atoms with E-state index < -0.39 is 11.2 Å². The summed E-state index contributed by atoms with van der Waals surface area (Å²) in [5.74, 6) is 0.555. The van der Waals surface area contributed by atoms with Crippen LogP contribution in [-0.4, -0.2) is 14.7 Å². The number of hydrogen-bond acceptors (Lipinski definition) is 4. The zero-order chi connectivity index (χ0) is 9.97. The van der Waals surface area contributed by atoms with Crippen molar-refractivity contribution in [1.82, 2.24) is 14.7 Å². The fraction of sp³-hybridized carbons (Fsp3) is 0.125. The molecular weight excluding hydrogens is 186 g/mol. The van der Waals surface area contributed by atoms with E-state index in [1.165, 1.54) is 23.0 Å². The predicted molar refractivity (Wildman–Crippen MR) is 46.9 cm³/mol. The van der Waals surface area contributed by atoms with Crippen LogP contribution in [-0.2, 0) is 6.54 Å². The largest absolute Gasteiger partial charge is 0.359 e. The highest BCUT2D eigenvalue weighted by atomic mass is 16.5. The van der Waals surface area contributed by atoms with Gasteiger partial charge in [0.15, 0.2) is 5.76 Å². The van der Waals surface area contributed by atoms with Crippen molar-refractivity contribution in [2.75, 3.05) is 0 Å². The topological polar surface area (TPSA) is 80.9 Å². The number of nitrogens with one attached hydrogen (secondary N) is 1. The Labute approximate surface area is 77.8 Å². The van der Waals surface area contributed by atoms with Gasteiger partial charge in [0, 0.05) is 18.3 Å². The standard InChI is InChI=1S/C8H7N3O3/c12-7-2-4-11(8(13)10-7)5-6-1-3-9-14-6/h1-4H,5H2,(H,10,12,13). The van der Waals surface area contributed by atoms with Crippen LogP contribution >= 0.6 is 0 Å². The monoisotopic (exact) mass is 193 g/mol. The molecule has 0 radical (unpaired) electrons. The third-order valence-electron chi connectivity index (χ3n) is 1.71. The van der Waals surface area contributed by atoms with Crippen LogP contribution in [0.1, 0.15) is 5.76 Å². The molecule has 0 saturated heterocycles. The SMILES string of the molecule is O=c1ccn(Cc2ccno2)c(=O)[nH]1. The molecule has 72 valence electrons. The molecule has 0 atom stereocenters. The van der Waals surface area contributed by atoms with Crippen molar-refractivity contribution in [3.8, 4) is 0 Å². The first-order valence-corrected chi connectivity index (χ1v) is 3.95. The van der Waals surface area contributed by atoms with Crippen molar-refractivity contribution >= 4 is 0 Å².